The van der Waals surface area contributed by atoms with Gasteiger partial charge in [0.05, 0.1) is 19.8 Å². The van der Waals surface area contributed by atoms with Crippen LogP contribution >= 0.6 is 0 Å². The summed E-state index contributed by atoms with van der Waals surface area (Å²) in [5, 5.41) is 0. The van der Waals surface area contributed by atoms with Gasteiger partial charge in [0.2, 0.25) is 0 Å². The second-order valence-electron chi connectivity index (χ2n) is 6.49. The van der Waals surface area contributed by atoms with Crippen molar-refractivity contribution in [2.45, 2.75) is 89.1 Å². The summed E-state index contributed by atoms with van der Waals surface area (Å²) in [7, 11) is 0. The number of Topliss-reactive ketones (excluding diaryl/α,β-unsaturated/α-hetero) is 2. The molecule has 0 unspecified atom stereocenters. The maximum Gasteiger partial charge on any atom is 0.345 e. The summed E-state index contributed by atoms with van der Waals surface area (Å²) < 4.78 is 30.1. The Hall–Kier alpha value is -2.30. The quantitative estimate of drug-likeness (QED) is 0.0833. The Morgan fingerprint density at radius 2 is 1.03 bits per heavy atom. The molecule has 0 saturated heterocycles. The highest BCUT2D eigenvalue weighted by Gasteiger charge is 2.24. The van der Waals surface area contributed by atoms with Crippen molar-refractivity contribution in [1.29, 1.82) is 0 Å². The van der Waals surface area contributed by atoms with Gasteiger partial charge in [0.1, 0.15) is 23.5 Å². The van der Waals surface area contributed by atoms with Gasteiger partial charge in [0, 0.05) is 26.7 Å². The van der Waals surface area contributed by atoms with Crippen LogP contribution in [-0.2, 0) is 47.6 Å². The van der Waals surface area contributed by atoms with E-state index in [1.54, 1.807) is 34.6 Å². The smallest absolute Gasteiger partial charge is 0.345 e. The van der Waals surface area contributed by atoms with Crippen LogP contribution in [0.2, 0.25) is 0 Å². The van der Waals surface area contributed by atoms with Gasteiger partial charge in [0.25, 0.3) is 5.97 Å². The molecule has 0 amide bonds. The fourth-order valence-electron chi connectivity index (χ4n) is 2.35. The molecule has 0 spiro atoms. The summed E-state index contributed by atoms with van der Waals surface area (Å²) >= 11 is 0. The SMILES string of the molecule is C.CCOC(=O)C(C(C)=O)=C(C)OCC.CCOC(=O)CC(C)=O.CCOC(C)(OCC)OCC. The maximum absolute atomic E-state index is 11.3. The Kier molecular flexibility index (Phi) is 28.3. The third kappa shape index (κ3) is 23.2. The van der Waals surface area contributed by atoms with Gasteiger partial charge in [0.15, 0.2) is 5.78 Å². The molecule has 0 bridgehead atoms. The van der Waals surface area contributed by atoms with E-state index in [2.05, 4.69) is 4.74 Å². The van der Waals surface area contributed by atoms with Crippen molar-refractivity contribution < 1.29 is 47.6 Å². The van der Waals surface area contributed by atoms with E-state index in [0.29, 0.717) is 38.8 Å². The van der Waals surface area contributed by atoms with E-state index in [4.69, 9.17) is 23.7 Å². The summed E-state index contributed by atoms with van der Waals surface area (Å²) in [5.74, 6) is -2.09. The van der Waals surface area contributed by atoms with Gasteiger partial charge in [-0.2, -0.15) is 0 Å². The van der Waals surface area contributed by atoms with Gasteiger partial charge in [-0.1, -0.05) is 7.43 Å². The minimum atomic E-state index is -0.849. The van der Waals surface area contributed by atoms with Crippen LogP contribution in [0.15, 0.2) is 11.3 Å². The number of rotatable bonds is 14. The van der Waals surface area contributed by atoms with E-state index in [1.165, 1.54) is 13.8 Å². The molecule has 0 rings (SSSR count). The highest BCUT2D eigenvalue weighted by molar-refractivity contribution is 6.16. The van der Waals surface area contributed by atoms with Crippen molar-refractivity contribution in [1.82, 2.24) is 0 Å². The predicted molar refractivity (Wildman–Crippen MR) is 134 cm³/mol. The molecule has 10 nitrogen and oxygen atoms in total. The van der Waals surface area contributed by atoms with Crippen molar-refractivity contribution in [3.63, 3.8) is 0 Å². The molecule has 0 aliphatic carbocycles. The van der Waals surface area contributed by atoms with Crippen LogP contribution in [-0.4, -0.2) is 69.1 Å². The molecule has 0 atom stereocenters. The van der Waals surface area contributed by atoms with Gasteiger partial charge in [-0.3, -0.25) is 14.4 Å². The van der Waals surface area contributed by atoms with Crippen LogP contribution < -0.4 is 0 Å². The molecule has 35 heavy (non-hydrogen) atoms. The van der Waals surface area contributed by atoms with Crippen LogP contribution in [0.4, 0.5) is 0 Å². The van der Waals surface area contributed by atoms with E-state index in [9.17, 15) is 19.2 Å². The summed E-state index contributed by atoms with van der Waals surface area (Å²) in [4.78, 5) is 43.1. The summed E-state index contributed by atoms with van der Waals surface area (Å²) in [5.41, 5.74) is -0.00583. The first-order valence-electron chi connectivity index (χ1n) is 11.5. The fourth-order valence-corrected chi connectivity index (χ4v) is 2.35. The van der Waals surface area contributed by atoms with Gasteiger partial charge in [-0.25, -0.2) is 4.79 Å². The Morgan fingerprint density at radius 3 is 1.31 bits per heavy atom. The number of carbonyl (C=O) groups is 4. The molecule has 0 aromatic rings. The molecule has 0 heterocycles. The largest absolute Gasteiger partial charge is 0.497 e. The molecule has 0 radical (unpaired) electrons. The zero-order valence-corrected chi connectivity index (χ0v) is 22.5. The second-order valence-corrected chi connectivity index (χ2v) is 6.49. The van der Waals surface area contributed by atoms with E-state index in [0.717, 1.165) is 0 Å². The lowest BCUT2D eigenvalue weighted by Gasteiger charge is -2.27. The van der Waals surface area contributed by atoms with Gasteiger partial charge in [-0.05, 0) is 62.3 Å². The number of esters is 2. The van der Waals surface area contributed by atoms with Crippen LogP contribution in [0.3, 0.4) is 0 Å². The van der Waals surface area contributed by atoms with E-state index < -0.39 is 17.9 Å². The Morgan fingerprint density at radius 1 is 0.629 bits per heavy atom. The zero-order valence-electron chi connectivity index (χ0n) is 22.5. The van der Waals surface area contributed by atoms with Crippen molar-refractivity contribution in [3.8, 4) is 0 Å². The highest BCUT2D eigenvalue weighted by Crippen LogP contribution is 2.13. The lowest BCUT2D eigenvalue weighted by Crippen LogP contribution is -2.35. The molecule has 0 fully saturated rings. The number of allylic oxidation sites excluding steroid dienone is 1. The summed E-state index contributed by atoms with van der Waals surface area (Å²) in [6.07, 6.45) is -0.103. The topological polar surface area (TPSA) is 124 Å². The lowest BCUT2D eigenvalue weighted by atomic mass is 10.1. The van der Waals surface area contributed by atoms with Crippen molar-refractivity contribution in [3.05, 3.63) is 11.3 Å². The molecule has 0 aromatic heterocycles. The minimum absolute atomic E-state index is 0. The van der Waals surface area contributed by atoms with E-state index in [1.807, 2.05) is 20.8 Å². The van der Waals surface area contributed by atoms with Crippen LogP contribution in [0, 0.1) is 0 Å². The number of hydrogen-bond acceptors (Lipinski definition) is 10. The van der Waals surface area contributed by atoms with Gasteiger partial charge < -0.3 is 28.4 Å². The minimum Gasteiger partial charge on any atom is -0.497 e. The third-order valence-electron chi connectivity index (χ3n) is 3.46. The van der Waals surface area contributed by atoms with Crippen LogP contribution in [0.25, 0.3) is 0 Å². The molecule has 0 N–H and O–H groups in total. The lowest BCUT2D eigenvalue weighted by molar-refractivity contribution is -0.365. The molecular weight excluding hydrogens is 460 g/mol. The number of carbonyl (C=O) groups excluding carboxylic acids is 4. The molecular formula is C25H48O10. The standard InChI is InChI=1S/C10H16O4.C8H18O3.C6H10O3.CH4/c1-5-13-8(4)9(7(3)11)10(12)14-6-2;1-5-9-8(4,10-6-2)11-7-3;1-3-9-6(8)4-5(2)7;/h5-6H2,1-4H3;5-7H2,1-4H3;3-4H2,1-2H3;1H4. The van der Waals surface area contributed by atoms with Crippen LogP contribution in [0.1, 0.15) is 83.1 Å². The number of ether oxygens (including phenoxy) is 6. The summed E-state index contributed by atoms with van der Waals surface area (Å²) in [6, 6.07) is 0. The first-order chi connectivity index (χ1) is 15.9. The maximum atomic E-state index is 11.3. The van der Waals surface area contributed by atoms with Gasteiger partial charge in [-0.15, -0.1) is 0 Å². The predicted octanol–water partition coefficient (Wildman–Crippen LogP) is 4.38. The number of ketones is 2. The molecule has 0 saturated carbocycles. The average Bonchev–Trinajstić information content (AvgIpc) is 2.69. The van der Waals surface area contributed by atoms with Crippen molar-refractivity contribution >= 4 is 23.5 Å². The second kappa shape index (κ2) is 24.8. The Labute approximate surface area is 211 Å². The Bertz CT molecular complexity index is 609. The van der Waals surface area contributed by atoms with E-state index >= 15 is 0 Å². The molecule has 0 aliphatic heterocycles. The first-order valence-corrected chi connectivity index (χ1v) is 11.5. The fraction of sp³-hybridized carbons (Fsp3) is 0.760. The first kappa shape index (κ1) is 39.9. The molecule has 0 aromatic carbocycles. The van der Waals surface area contributed by atoms with E-state index in [-0.39, 0.29) is 37.6 Å². The average molecular weight is 509 g/mol. The molecule has 10 heteroatoms. The van der Waals surface area contributed by atoms with Crippen molar-refractivity contribution in [2.75, 3.05) is 39.6 Å². The number of hydrogen-bond donors (Lipinski definition) is 0. The Balaban J connectivity index is -0.000000208. The van der Waals surface area contributed by atoms with Crippen LogP contribution in [0.5, 0.6) is 0 Å². The zero-order chi connectivity index (χ0) is 27.2. The van der Waals surface area contributed by atoms with Crippen molar-refractivity contribution in [2.24, 2.45) is 0 Å². The highest BCUT2D eigenvalue weighted by atomic mass is 16.9. The molecule has 0 aliphatic rings. The normalized spacial score (nSPS) is 10.7. The molecule has 208 valence electrons. The third-order valence-corrected chi connectivity index (χ3v) is 3.46. The summed E-state index contributed by atoms with van der Waals surface area (Å²) in [6.45, 7) is 19.7. The monoisotopic (exact) mass is 508 g/mol. The van der Waals surface area contributed by atoms with Gasteiger partial charge >= 0.3 is 11.9 Å².